The first-order chi connectivity index (χ1) is 11.6. The fourth-order valence-corrected chi connectivity index (χ4v) is 3.41. The van der Waals surface area contributed by atoms with Crippen LogP contribution in [0.1, 0.15) is 43.2 Å². The minimum Gasteiger partial charge on any atom is -0.396 e. The van der Waals surface area contributed by atoms with Crippen LogP contribution in [0.15, 0.2) is 24.3 Å². The molecule has 0 radical (unpaired) electrons. The van der Waals surface area contributed by atoms with Crippen molar-refractivity contribution in [3.05, 3.63) is 35.4 Å². The molecule has 1 saturated carbocycles. The van der Waals surface area contributed by atoms with Gasteiger partial charge in [-0.3, -0.25) is 0 Å². The van der Waals surface area contributed by atoms with E-state index >= 15 is 0 Å². The SMILES string of the molecule is CN(C)Cc1ccccc1CNC(=O)NC1CCCCCC1CO. The number of nitrogens with one attached hydrogen (secondary N) is 2. The van der Waals surface area contributed by atoms with Crippen LogP contribution in [0, 0.1) is 5.92 Å². The summed E-state index contributed by atoms with van der Waals surface area (Å²) in [5, 5.41) is 15.6. The summed E-state index contributed by atoms with van der Waals surface area (Å²) in [5.41, 5.74) is 2.37. The number of hydrogen-bond acceptors (Lipinski definition) is 3. The molecule has 0 spiro atoms. The van der Waals surface area contributed by atoms with Crippen molar-refractivity contribution >= 4 is 6.03 Å². The molecule has 2 atom stereocenters. The second kappa shape index (κ2) is 9.64. The lowest BCUT2D eigenvalue weighted by Crippen LogP contribution is -2.46. The van der Waals surface area contributed by atoms with Crippen LogP contribution in [-0.4, -0.2) is 42.8 Å². The molecule has 1 aliphatic carbocycles. The van der Waals surface area contributed by atoms with Crippen LogP contribution in [0.3, 0.4) is 0 Å². The smallest absolute Gasteiger partial charge is 0.315 e. The largest absolute Gasteiger partial charge is 0.396 e. The Kier molecular flexibility index (Phi) is 7.53. The number of carbonyl (C=O) groups is 1. The van der Waals surface area contributed by atoms with Crippen molar-refractivity contribution in [1.29, 1.82) is 0 Å². The Bertz CT molecular complexity index is 519. The minimum atomic E-state index is -0.139. The van der Waals surface area contributed by atoms with Gasteiger partial charge in [-0.05, 0) is 38.1 Å². The molecule has 5 heteroatoms. The molecular formula is C19H31N3O2. The minimum absolute atomic E-state index is 0.0783. The highest BCUT2D eigenvalue weighted by Gasteiger charge is 2.24. The van der Waals surface area contributed by atoms with Gasteiger partial charge in [-0.2, -0.15) is 0 Å². The van der Waals surface area contributed by atoms with Crippen LogP contribution in [0.4, 0.5) is 4.79 Å². The maximum atomic E-state index is 12.3. The summed E-state index contributed by atoms with van der Waals surface area (Å²) in [4.78, 5) is 14.4. The van der Waals surface area contributed by atoms with Crippen molar-refractivity contribution < 1.29 is 9.90 Å². The van der Waals surface area contributed by atoms with Gasteiger partial charge in [0.1, 0.15) is 0 Å². The first-order valence-corrected chi connectivity index (χ1v) is 8.97. The molecular weight excluding hydrogens is 302 g/mol. The predicted molar refractivity (Wildman–Crippen MR) is 96.7 cm³/mol. The molecule has 0 aromatic heterocycles. The summed E-state index contributed by atoms with van der Waals surface area (Å²) in [5.74, 6) is 0.180. The first-order valence-electron chi connectivity index (χ1n) is 8.97. The summed E-state index contributed by atoms with van der Waals surface area (Å²) < 4.78 is 0. The van der Waals surface area contributed by atoms with Gasteiger partial charge in [0, 0.05) is 31.7 Å². The van der Waals surface area contributed by atoms with Gasteiger partial charge in [0.25, 0.3) is 0 Å². The molecule has 2 rings (SSSR count). The van der Waals surface area contributed by atoms with Crippen LogP contribution < -0.4 is 10.6 Å². The lowest BCUT2D eigenvalue weighted by atomic mass is 9.96. The van der Waals surface area contributed by atoms with Crippen molar-refractivity contribution in [3.8, 4) is 0 Å². The fourth-order valence-electron chi connectivity index (χ4n) is 3.41. The molecule has 1 fully saturated rings. The molecule has 0 saturated heterocycles. The number of aliphatic hydroxyl groups is 1. The third kappa shape index (κ3) is 5.80. The molecule has 0 aliphatic heterocycles. The lowest BCUT2D eigenvalue weighted by Gasteiger charge is -2.24. The molecule has 3 N–H and O–H groups in total. The second-order valence-electron chi connectivity index (χ2n) is 7.02. The van der Waals surface area contributed by atoms with Gasteiger partial charge < -0.3 is 20.6 Å². The number of amides is 2. The first kappa shape index (κ1) is 18.7. The van der Waals surface area contributed by atoms with Crippen molar-refractivity contribution in [2.24, 2.45) is 5.92 Å². The number of hydrogen-bond donors (Lipinski definition) is 3. The zero-order chi connectivity index (χ0) is 17.4. The van der Waals surface area contributed by atoms with Crippen molar-refractivity contribution in [2.75, 3.05) is 20.7 Å². The van der Waals surface area contributed by atoms with Crippen molar-refractivity contribution in [3.63, 3.8) is 0 Å². The van der Waals surface area contributed by atoms with E-state index < -0.39 is 0 Å². The molecule has 1 aromatic rings. The Balaban J connectivity index is 1.88. The Morgan fingerprint density at radius 1 is 1.17 bits per heavy atom. The van der Waals surface area contributed by atoms with E-state index in [4.69, 9.17) is 0 Å². The molecule has 2 unspecified atom stereocenters. The Morgan fingerprint density at radius 2 is 1.88 bits per heavy atom. The maximum Gasteiger partial charge on any atom is 0.315 e. The third-order valence-corrected chi connectivity index (χ3v) is 4.75. The van der Waals surface area contributed by atoms with E-state index in [0.29, 0.717) is 6.54 Å². The van der Waals surface area contributed by atoms with Crippen LogP contribution >= 0.6 is 0 Å². The predicted octanol–water partition coefficient (Wildman–Crippen LogP) is 2.49. The number of benzene rings is 1. The van der Waals surface area contributed by atoms with Crippen LogP contribution in [0.2, 0.25) is 0 Å². The molecule has 1 aromatic carbocycles. The number of nitrogens with zero attached hydrogens (tertiary/aromatic N) is 1. The maximum absolute atomic E-state index is 12.3. The topological polar surface area (TPSA) is 64.6 Å². The van der Waals surface area contributed by atoms with E-state index in [1.807, 2.05) is 26.2 Å². The van der Waals surface area contributed by atoms with E-state index in [1.165, 1.54) is 12.0 Å². The number of carbonyl (C=O) groups excluding carboxylic acids is 1. The molecule has 0 heterocycles. The lowest BCUT2D eigenvalue weighted by molar-refractivity contribution is 0.179. The van der Waals surface area contributed by atoms with Gasteiger partial charge in [-0.25, -0.2) is 4.79 Å². The average Bonchev–Trinajstić information content (AvgIpc) is 2.78. The summed E-state index contributed by atoms with van der Waals surface area (Å²) in [7, 11) is 4.08. The highest BCUT2D eigenvalue weighted by atomic mass is 16.3. The van der Waals surface area contributed by atoms with E-state index in [-0.39, 0.29) is 24.6 Å². The van der Waals surface area contributed by atoms with Gasteiger partial charge >= 0.3 is 6.03 Å². The summed E-state index contributed by atoms with van der Waals surface area (Å²) in [6, 6.07) is 8.12. The molecule has 5 nitrogen and oxygen atoms in total. The van der Waals surface area contributed by atoms with Gasteiger partial charge in [0.15, 0.2) is 0 Å². The van der Waals surface area contributed by atoms with Gasteiger partial charge in [-0.1, -0.05) is 43.5 Å². The van der Waals surface area contributed by atoms with E-state index in [0.717, 1.165) is 37.8 Å². The summed E-state index contributed by atoms with van der Waals surface area (Å²) >= 11 is 0. The zero-order valence-corrected chi connectivity index (χ0v) is 14.9. The third-order valence-electron chi connectivity index (χ3n) is 4.75. The standard InChI is InChI=1S/C19H31N3O2/c1-22(2)13-16-9-7-6-8-15(16)12-20-19(24)21-18-11-5-3-4-10-17(18)14-23/h6-9,17-18,23H,3-5,10-14H2,1-2H3,(H2,20,21,24). The van der Waals surface area contributed by atoms with Crippen LogP contribution in [0.25, 0.3) is 0 Å². The quantitative estimate of drug-likeness (QED) is 0.701. The number of aliphatic hydroxyl groups excluding tert-OH is 1. The average molecular weight is 333 g/mol. The van der Waals surface area contributed by atoms with Crippen LogP contribution in [-0.2, 0) is 13.1 Å². The van der Waals surface area contributed by atoms with Gasteiger partial charge in [-0.15, -0.1) is 0 Å². The van der Waals surface area contributed by atoms with Gasteiger partial charge in [0.2, 0.25) is 0 Å². The molecule has 0 bridgehead atoms. The highest BCUT2D eigenvalue weighted by molar-refractivity contribution is 5.74. The van der Waals surface area contributed by atoms with Gasteiger partial charge in [0.05, 0.1) is 0 Å². The van der Waals surface area contributed by atoms with E-state index in [2.05, 4.69) is 27.7 Å². The van der Waals surface area contributed by atoms with Crippen molar-refractivity contribution in [1.82, 2.24) is 15.5 Å². The van der Waals surface area contributed by atoms with E-state index in [1.54, 1.807) is 0 Å². The molecule has 24 heavy (non-hydrogen) atoms. The Labute approximate surface area is 145 Å². The van der Waals surface area contributed by atoms with Crippen LogP contribution in [0.5, 0.6) is 0 Å². The second-order valence-corrected chi connectivity index (χ2v) is 7.02. The van der Waals surface area contributed by atoms with Crippen molar-refractivity contribution in [2.45, 2.75) is 51.2 Å². The fraction of sp³-hybridized carbons (Fsp3) is 0.632. The molecule has 134 valence electrons. The normalized spacial score (nSPS) is 21.3. The summed E-state index contributed by atoms with van der Waals surface area (Å²) in [6.07, 6.45) is 5.40. The number of urea groups is 1. The number of rotatable bonds is 6. The monoisotopic (exact) mass is 333 g/mol. The zero-order valence-electron chi connectivity index (χ0n) is 14.9. The summed E-state index contributed by atoms with van der Waals surface area (Å²) in [6.45, 7) is 1.53. The molecule has 2 amide bonds. The Morgan fingerprint density at radius 3 is 2.58 bits per heavy atom. The van der Waals surface area contributed by atoms with E-state index in [9.17, 15) is 9.90 Å². The molecule has 1 aliphatic rings. The Hall–Kier alpha value is -1.59. The highest BCUT2D eigenvalue weighted by Crippen LogP contribution is 2.23.